The first-order chi connectivity index (χ1) is 7.13. The second kappa shape index (κ2) is 5.83. The fraction of sp³-hybridized carbons (Fsp3) is 0.692. The molecule has 0 spiro atoms. The zero-order valence-electron chi connectivity index (χ0n) is 11.0. The topological polar surface area (TPSA) is 43.4 Å². The van der Waals surface area contributed by atoms with E-state index in [1.54, 1.807) is 33.8 Å². The number of carbonyl (C=O) groups is 2. The van der Waals surface area contributed by atoms with Gasteiger partial charge in [-0.2, -0.15) is 0 Å². The van der Waals surface area contributed by atoms with Gasteiger partial charge in [0.15, 0.2) is 0 Å². The molecule has 0 aliphatic heterocycles. The van der Waals surface area contributed by atoms with E-state index in [4.69, 9.17) is 4.74 Å². The highest BCUT2D eigenvalue weighted by Crippen LogP contribution is 2.10. The molecule has 0 bridgehead atoms. The summed E-state index contributed by atoms with van der Waals surface area (Å²) in [7, 11) is 0. The molecule has 16 heavy (non-hydrogen) atoms. The van der Waals surface area contributed by atoms with Crippen LogP contribution in [-0.4, -0.2) is 17.4 Å². The number of carbonyl (C=O) groups excluding carboxylic acids is 2. The van der Waals surface area contributed by atoms with Crippen molar-refractivity contribution in [2.75, 3.05) is 0 Å². The Hall–Kier alpha value is -1.12. The van der Waals surface area contributed by atoms with Crippen molar-refractivity contribution in [2.45, 2.75) is 47.1 Å². The predicted molar refractivity (Wildman–Crippen MR) is 64.0 cm³/mol. The molecule has 0 rings (SSSR count). The lowest BCUT2D eigenvalue weighted by molar-refractivity contribution is -0.148. The van der Waals surface area contributed by atoms with Crippen molar-refractivity contribution in [3.05, 3.63) is 12.2 Å². The summed E-state index contributed by atoms with van der Waals surface area (Å²) in [6.07, 6.45) is 2.92. The first kappa shape index (κ1) is 14.9. The van der Waals surface area contributed by atoms with Crippen LogP contribution in [0.15, 0.2) is 12.2 Å². The molecule has 0 heterocycles. The number of esters is 1. The molecule has 0 radical (unpaired) electrons. The maximum atomic E-state index is 11.5. The summed E-state index contributed by atoms with van der Waals surface area (Å²) < 4.78 is 5.09. The number of ether oxygens (including phenoxy) is 1. The van der Waals surface area contributed by atoms with Gasteiger partial charge in [0, 0.05) is 17.9 Å². The average molecular weight is 226 g/mol. The zero-order chi connectivity index (χ0) is 12.9. The van der Waals surface area contributed by atoms with Crippen molar-refractivity contribution in [1.29, 1.82) is 0 Å². The van der Waals surface area contributed by atoms with Gasteiger partial charge in [-0.1, -0.05) is 26.8 Å². The van der Waals surface area contributed by atoms with Crippen molar-refractivity contribution in [2.24, 2.45) is 11.8 Å². The van der Waals surface area contributed by atoms with Crippen LogP contribution < -0.4 is 0 Å². The Bertz CT molecular complexity index is 282. The van der Waals surface area contributed by atoms with Crippen LogP contribution in [0.5, 0.6) is 0 Å². The van der Waals surface area contributed by atoms with E-state index in [2.05, 4.69) is 0 Å². The molecule has 0 aromatic heterocycles. The number of hydrogen-bond donors (Lipinski definition) is 0. The third-order valence-corrected chi connectivity index (χ3v) is 1.95. The van der Waals surface area contributed by atoms with Gasteiger partial charge in [-0.3, -0.25) is 4.79 Å². The van der Waals surface area contributed by atoms with Gasteiger partial charge in [0.2, 0.25) is 0 Å². The molecule has 0 aliphatic rings. The normalized spacial score (nSPS) is 14.2. The SMILES string of the molecule is CC(C)C(=O)C(C)/C=C/C(=O)OC(C)(C)C. The van der Waals surface area contributed by atoms with Crippen molar-refractivity contribution in [1.82, 2.24) is 0 Å². The fourth-order valence-corrected chi connectivity index (χ4v) is 1.18. The van der Waals surface area contributed by atoms with E-state index in [1.807, 2.05) is 13.8 Å². The Morgan fingerprint density at radius 3 is 2.00 bits per heavy atom. The van der Waals surface area contributed by atoms with Gasteiger partial charge in [-0.15, -0.1) is 0 Å². The first-order valence-corrected chi connectivity index (χ1v) is 5.58. The minimum atomic E-state index is -0.493. The summed E-state index contributed by atoms with van der Waals surface area (Å²) in [5, 5.41) is 0. The lowest BCUT2D eigenvalue weighted by atomic mass is 9.97. The molecule has 0 aromatic carbocycles. The van der Waals surface area contributed by atoms with Crippen LogP contribution in [0.1, 0.15) is 41.5 Å². The summed E-state index contributed by atoms with van der Waals surface area (Å²) in [4.78, 5) is 22.9. The number of rotatable bonds is 4. The molecule has 92 valence electrons. The monoisotopic (exact) mass is 226 g/mol. The average Bonchev–Trinajstić information content (AvgIpc) is 2.09. The van der Waals surface area contributed by atoms with Gasteiger partial charge in [-0.05, 0) is 20.8 Å². The van der Waals surface area contributed by atoms with Crippen molar-refractivity contribution < 1.29 is 14.3 Å². The summed E-state index contributed by atoms with van der Waals surface area (Å²) >= 11 is 0. The second-order valence-corrected chi connectivity index (χ2v) is 5.24. The summed E-state index contributed by atoms with van der Waals surface area (Å²) in [5.41, 5.74) is -0.493. The highest BCUT2D eigenvalue weighted by Gasteiger charge is 2.16. The molecule has 0 aliphatic carbocycles. The minimum absolute atomic E-state index is 0.0155. The van der Waals surface area contributed by atoms with Crippen LogP contribution in [0.25, 0.3) is 0 Å². The Kier molecular flexibility index (Phi) is 5.42. The van der Waals surface area contributed by atoms with E-state index in [-0.39, 0.29) is 17.6 Å². The van der Waals surface area contributed by atoms with E-state index in [1.165, 1.54) is 6.08 Å². The van der Waals surface area contributed by atoms with Crippen LogP contribution in [0.4, 0.5) is 0 Å². The molecule has 0 aromatic rings. The molecular formula is C13H22O3. The molecule has 0 saturated carbocycles. The van der Waals surface area contributed by atoms with Crippen molar-refractivity contribution >= 4 is 11.8 Å². The number of allylic oxidation sites excluding steroid dienone is 1. The maximum absolute atomic E-state index is 11.5. The molecule has 1 atom stereocenters. The van der Waals surface area contributed by atoms with Crippen LogP contribution in [-0.2, 0) is 14.3 Å². The van der Waals surface area contributed by atoms with Crippen LogP contribution >= 0.6 is 0 Å². The number of hydrogen-bond acceptors (Lipinski definition) is 3. The Morgan fingerprint density at radius 2 is 1.62 bits per heavy atom. The molecule has 0 fully saturated rings. The molecule has 3 heteroatoms. The zero-order valence-corrected chi connectivity index (χ0v) is 11.0. The van der Waals surface area contributed by atoms with Gasteiger partial charge in [-0.25, -0.2) is 4.79 Å². The number of ketones is 1. The van der Waals surface area contributed by atoms with Crippen LogP contribution in [0, 0.1) is 11.8 Å². The fourth-order valence-electron chi connectivity index (χ4n) is 1.18. The lowest BCUT2D eigenvalue weighted by Gasteiger charge is -2.18. The van der Waals surface area contributed by atoms with Gasteiger partial charge in [0.05, 0.1) is 0 Å². The molecule has 0 amide bonds. The highest BCUT2D eigenvalue weighted by atomic mass is 16.6. The Morgan fingerprint density at radius 1 is 1.12 bits per heavy atom. The third kappa shape index (κ3) is 6.38. The van der Waals surface area contributed by atoms with Gasteiger partial charge in [0.1, 0.15) is 11.4 Å². The van der Waals surface area contributed by atoms with E-state index in [0.29, 0.717) is 0 Å². The maximum Gasteiger partial charge on any atom is 0.330 e. The summed E-state index contributed by atoms with van der Waals surface area (Å²) in [6.45, 7) is 10.9. The van der Waals surface area contributed by atoms with Gasteiger partial charge < -0.3 is 4.74 Å². The highest BCUT2D eigenvalue weighted by molar-refractivity contribution is 5.87. The van der Waals surface area contributed by atoms with Gasteiger partial charge >= 0.3 is 5.97 Å². The molecule has 0 N–H and O–H groups in total. The van der Waals surface area contributed by atoms with Crippen molar-refractivity contribution in [3.8, 4) is 0 Å². The third-order valence-electron chi connectivity index (χ3n) is 1.95. The quantitative estimate of drug-likeness (QED) is 0.547. The summed E-state index contributed by atoms with van der Waals surface area (Å²) in [6, 6.07) is 0. The van der Waals surface area contributed by atoms with Crippen LogP contribution in [0.3, 0.4) is 0 Å². The molecule has 0 saturated heterocycles. The van der Waals surface area contributed by atoms with Crippen molar-refractivity contribution in [3.63, 3.8) is 0 Å². The lowest BCUT2D eigenvalue weighted by Crippen LogP contribution is -2.23. The standard InChI is InChI=1S/C13H22O3/c1-9(2)12(15)10(3)7-8-11(14)16-13(4,5)6/h7-10H,1-6H3/b8-7+. The van der Waals surface area contributed by atoms with Crippen LogP contribution in [0.2, 0.25) is 0 Å². The van der Waals surface area contributed by atoms with E-state index in [9.17, 15) is 9.59 Å². The Labute approximate surface area is 97.9 Å². The minimum Gasteiger partial charge on any atom is -0.457 e. The first-order valence-electron chi connectivity index (χ1n) is 5.58. The largest absolute Gasteiger partial charge is 0.457 e. The van der Waals surface area contributed by atoms with Gasteiger partial charge in [0.25, 0.3) is 0 Å². The summed E-state index contributed by atoms with van der Waals surface area (Å²) in [5.74, 6) is -0.540. The van der Waals surface area contributed by atoms with E-state index >= 15 is 0 Å². The molecule has 3 nitrogen and oxygen atoms in total. The Balaban J connectivity index is 4.29. The second-order valence-electron chi connectivity index (χ2n) is 5.24. The van der Waals surface area contributed by atoms with E-state index in [0.717, 1.165) is 0 Å². The molecule has 1 unspecified atom stereocenters. The van der Waals surface area contributed by atoms with E-state index < -0.39 is 11.6 Å². The molecular weight excluding hydrogens is 204 g/mol. The number of Topliss-reactive ketones (excluding diaryl/α,β-unsaturated/α-hetero) is 1. The predicted octanol–water partition coefficient (Wildman–Crippen LogP) is 2.75. The smallest absolute Gasteiger partial charge is 0.330 e.